The second-order valence-corrected chi connectivity index (χ2v) is 9.53. The van der Waals surface area contributed by atoms with Crippen molar-refractivity contribution in [2.45, 2.75) is 29.6 Å². The highest BCUT2D eigenvalue weighted by atomic mass is 79.9. The number of carbonyl (C=O) groups excluding carboxylic acids is 1. The normalized spacial score (nSPS) is 18.6. The second kappa shape index (κ2) is 7.35. The fourth-order valence-electron chi connectivity index (χ4n) is 2.77. The summed E-state index contributed by atoms with van der Waals surface area (Å²) in [7, 11) is -3.60. The molecule has 1 atom stereocenters. The number of rotatable bonds is 5. The Labute approximate surface area is 153 Å². The van der Waals surface area contributed by atoms with Crippen molar-refractivity contribution < 1.29 is 13.2 Å². The molecule has 1 amide bonds. The quantitative estimate of drug-likeness (QED) is 0.795. The molecule has 0 aliphatic carbocycles. The molecule has 1 saturated heterocycles. The number of amides is 1. The first-order valence-electron chi connectivity index (χ1n) is 7.56. The van der Waals surface area contributed by atoms with Crippen molar-refractivity contribution in [3.63, 3.8) is 0 Å². The Kier molecular flexibility index (Phi) is 5.39. The minimum atomic E-state index is -3.60. The summed E-state index contributed by atoms with van der Waals surface area (Å²) in [5, 5.41) is 4.58. The Morgan fingerprint density at radius 3 is 2.88 bits per heavy atom. The van der Waals surface area contributed by atoms with Gasteiger partial charge in [-0.1, -0.05) is 34.1 Å². The molecule has 1 N–H and O–H groups in total. The summed E-state index contributed by atoms with van der Waals surface area (Å²) in [6.45, 7) is 0.761. The Hall–Kier alpha value is -1.22. The molecule has 0 radical (unpaired) electrons. The molecule has 1 aliphatic rings. The molecule has 2 heterocycles. The van der Waals surface area contributed by atoms with Crippen molar-refractivity contribution in [2.75, 3.05) is 6.54 Å². The van der Waals surface area contributed by atoms with Gasteiger partial charge in [-0.25, -0.2) is 8.42 Å². The molecule has 1 aromatic carbocycles. The van der Waals surface area contributed by atoms with Crippen LogP contribution in [0.2, 0.25) is 0 Å². The standard InChI is InChI=1S/C16H17BrN2O3S2/c17-13-5-1-4-12(10-13)11-18-16(20)14-6-2-8-19(14)24(21,22)15-7-3-9-23-15/h1,3-5,7,9-10,14H,2,6,8,11H2,(H,18,20)/t14-/m0/s1. The predicted molar refractivity (Wildman–Crippen MR) is 97.2 cm³/mol. The Morgan fingerprint density at radius 1 is 1.33 bits per heavy atom. The van der Waals surface area contributed by atoms with E-state index in [9.17, 15) is 13.2 Å². The predicted octanol–water partition coefficient (Wildman–Crippen LogP) is 2.98. The zero-order valence-electron chi connectivity index (χ0n) is 12.8. The molecule has 1 aromatic heterocycles. The van der Waals surface area contributed by atoms with Gasteiger partial charge in [0, 0.05) is 17.6 Å². The van der Waals surface area contributed by atoms with Gasteiger partial charge < -0.3 is 5.32 Å². The summed E-state index contributed by atoms with van der Waals surface area (Å²) in [5.41, 5.74) is 0.961. The van der Waals surface area contributed by atoms with E-state index < -0.39 is 16.1 Å². The minimum absolute atomic E-state index is 0.243. The van der Waals surface area contributed by atoms with E-state index in [0.29, 0.717) is 25.9 Å². The number of nitrogens with one attached hydrogen (secondary N) is 1. The summed E-state index contributed by atoms with van der Waals surface area (Å²) < 4.78 is 27.9. The van der Waals surface area contributed by atoms with Gasteiger partial charge in [0.1, 0.15) is 10.3 Å². The topological polar surface area (TPSA) is 66.5 Å². The van der Waals surface area contributed by atoms with Crippen molar-refractivity contribution >= 4 is 43.2 Å². The van der Waals surface area contributed by atoms with Gasteiger partial charge in [-0.05, 0) is 42.0 Å². The molecule has 2 aromatic rings. The van der Waals surface area contributed by atoms with Crippen LogP contribution in [0, 0.1) is 0 Å². The molecule has 0 saturated carbocycles. The lowest BCUT2D eigenvalue weighted by molar-refractivity contribution is -0.124. The van der Waals surface area contributed by atoms with Crippen molar-refractivity contribution in [3.8, 4) is 0 Å². The highest BCUT2D eigenvalue weighted by Crippen LogP contribution is 2.28. The van der Waals surface area contributed by atoms with Crippen LogP contribution in [0.15, 0.2) is 50.5 Å². The average molecular weight is 429 g/mol. The smallest absolute Gasteiger partial charge is 0.253 e. The number of thiophene rings is 1. The molecule has 0 spiro atoms. The number of benzene rings is 1. The number of sulfonamides is 1. The monoisotopic (exact) mass is 428 g/mol. The maximum atomic E-state index is 12.7. The van der Waals surface area contributed by atoms with Crippen LogP contribution in [-0.4, -0.2) is 31.2 Å². The molecule has 8 heteroatoms. The first-order chi connectivity index (χ1) is 11.5. The number of hydrogen-bond acceptors (Lipinski definition) is 4. The zero-order valence-corrected chi connectivity index (χ0v) is 16.0. The third-order valence-electron chi connectivity index (χ3n) is 3.92. The Bertz CT molecular complexity index is 822. The summed E-state index contributed by atoms with van der Waals surface area (Å²) in [5.74, 6) is -0.243. The van der Waals surface area contributed by atoms with Gasteiger partial charge in [0.15, 0.2) is 0 Å². The molecule has 5 nitrogen and oxygen atoms in total. The zero-order chi connectivity index (χ0) is 17.2. The molecule has 1 aliphatic heterocycles. The molecule has 3 rings (SSSR count). The minimum Gasteiger partial charge on any atom is -0.351 e. The maximum Gasteiger partial charge on any atom is 0.253 e. The van der Waals surface area contributed by atoms with Crippen molar-refractivity contribution in [1.29, 1.82) is 0 Å². The highest BCUT2D eigenvalue weighted by Gasteiger charge is 2.39. The largest absolute Gasteiger partial charge is 0.351 e. The molecule has 0 unspecified atom stereocenters. The van der Waals surface area contributed by atoms with Gasteiger partial charge in [0.25, 0.3) is 10.0 Å². The van der Waals surface area contributed by atoms with E-state index in [-0.39, 0.29) is 10.1 Å². The summed E-state index contributed by atoms with van der Waals surface area (Å²) >= 11 is 4.57. The fourth-order valence-corrected chi connectivity index (χ4v) is 5.99. The van der Waals surface area contributed by atoms with Gasteiger partial charge in [-0.15, -0.1) is 11.3 Å². The van der Waals surface area contributed by atoms with Crippen LogP contribution in [0.25, 0.3) is 0 Å². The van der Waals surface area contributed by atoms with Crippen molar-refractivity contribution in [3.05, 3.63) is 51.8 Å². The van der Waals surface area contributed by atoms with Crippen LogP contribution in [0.5, 0.6) is 0 Å². The van der Waals surface area contributed by atoms with Crippen LogP contribution in [0.1, 0.15) is 18.4 Å². The molecule has 24 heavy (non-hydrogen) atoms. The number of carbonyl (C=O) groups is 1. The van der Waals surface area contributed by atoms with Crippen LogP contribution in [0.4, 0.5) is 0 Å². The number of halogens is 1. The van der Waals surface area contributed by atoms with E-state index in [2.05, 4.69) is 21.2 Å². The molecule has 128 valence electrons. The fraction of sp³-hybridized carbons (Fsp3) is 0.312. The Morgan fingerprint density at radius 2 is 2.17 bits per heavy atom. The van der Waals surface area contributed by atoms with E-state index in [1.807, 2.05) is 24.3 Å². The first-order valence-corrected chi connectivity index (χ1v) is 10.7. The van der Waals surface area contributed by atoms with E-state index in [4.69, 9.17) is 0 Å². The van der Waals surface area contributed by atoms with E-state index in [1.165, 1.54) is 15.6 Å². The van der Waals surface area contributed by atoms with Crippen molar-refractivity contribution in [1.82, 2.24) is 9.62 Å². The SMILES string of the molecule is O=C(NCc1cccc(Br)c1)[C@@H]1CCCN1S(=O)(=O)c1cccs1. The number of hydrogen-bond donors (Lipinski definition) is 1. The molecular formula is C16H17BrN2O3S2. The van der Waals surface area contributed by atoms with E-state index in [0.717, 1.165) is 10.0 Å². The lowest BCUT2D eigenvalue weighted by atomic mass is 10.2. The maximum absolute atomic E-state index is 12.7. The van der Waals surface area contributed by atoms with Gasteiger partial charge in [-0.3, -0.25) is 4.79 Å². The summed E-state index contributed by atoms with van der Waals surface area (Å²) in [6, 6.07) is 10.3. The highest BCUT2D eigenvalue weighted by molar-refractivity contribution is 9.10. The van der Waals surface area contributed by atoms with Gasteiger partial charge >= 0.3 is 0 Å². The van der Waals surface area contributed by atoms with E-state index >= 15 is 0 Å². The molecule has 1 fully saturated rings. The first kappa shape index (κ1) is 17.6. The second-order valence-electron chi connectivity index (χ2n) is 5.55. The van der Waals surface area contributed by atoms with Crippen LogP contribution < -0.4 is 5.32 Å². The molecule has 0 bridgehead atoms. The summed E-state index contributed by atoms with van der Waals surface area (Å²) in [4.78, 5) is 12.5. The Balaban J connectivity index is 1.70. The lowest BCUT2D eigenvalue weighted by Gasteiger charge is -2.22. The van der Waals surface area contributed by atoms with Crippen LogP contribution >= 0.6 is 27.3 Å². The third kappa shape index (κ3) is 3.72. The average Bonchev–Trinajstić information content (AvgIpc) is 3.24. The van der Waals surface area contributed by atoms with Crippen LogP contribution in [-0.2, 0) is 21.4 Å². The number of nitrogens with zero attached hydrogens (tertiary/aromatic N) is 1. The van der Waals surface area contributed by atoms with Gasteiger partial charge in [0.2, 0.25) is 5.91 Å². The summed E-state index contributed by atoms with van der Waals surface area (Å²) in [6.07, 6.45) is 1.24. The van der Waals surface area contributed by atoms with E-state index in [1.54, 1.807) is 17.5 Å². The van der Waals surface area contributed by atoms with Gasteiger partial charge in [0.05, 0.1) is 0 Å². The molecular weight excluding hydrogens is 412 g/mol. The van der Waals surface area contributed by atoms with Crippen LogP contribution in [0.3, 0.4) is 0 Å². The van der Waals surface area contributed by atoms with Gasteiger partial charge in [-0.2, -0.15) is 4.31 Å². The lowest BCUT2D eigenvalue weighted by Crippen LogP contribution is -2.45. The van der Waals surface area contributed by atoms with Crippen molar-refractivity contribution in [2.24, 2.45) is 0 Å². The third-order valence-corrected chi connectivity index (χ3v) is 7.69.